The van der Waals surface area contributed by atoms with Crippen molar-refractivity contribution in [3.05, 3.63) is 44.4 Å². The Morgan fingerprint density at radius 1 is 1.22 bits per heavy atom. The lowest BCUT2D eigenvalue weighted by molar-refractivity contribution is -0.156. The summed E-state index contributed by atoms with van der Waals surface area (Å²) in [6, 6.07) is 7.47. The molecule has 2 fully saturated rings. The molecule has 1 aromatic heterocycles. The first kappa shape index (κ1) is 15.9. The molecule has 138 valence electrons. The quantitative estimate of drug-likeness (QED) is 0.563. The second-order valence-corrected chi connectivity index (χ2v) is 9.96. The number of ether oxygens (including phenoxy) is 1. The number of aliphatic carboxylic acids is 1. The van der Waals surface area contributed by atoms with E-state index in [1.165, 1.54) is 11.3 Å². The Hall–Kier alpha value is -2.06. The summed E-state index contributed by atoms with van der Waals surface area (Å²) in [5.41, 5.74) is 0.926. The van der Waals surface area contributed by atoms with Gasteiger partial charge in [0, 0.05) is 21.6 Å². The normalized spacial score (nSPS) is 37.8. The highest BCUT2D eigenvalue weighted by Crippen LogP contribution is 2.68. The zero-order valence-electron chi connectivity index (χ0n) is 14.0. The predicted octanol–water partition coefficient (Wildman–Crippen LogP) is 2.54. The minimum Gasteiger partial charge on any atom is -0.481 e. The van der Waals surface area contributed by atoms with E-state index in [1.807, 2.05) is 18.2 Å². The number of esters is 1. The molecule has 0 saturated heterocycles. The van der Waals surface area contributed by atoms with Gasteiger partial charge in [-0.25, -0.2) is 0 Å². The number of thioether (sulfide) groups is 1. The molecular formula is C19H15NO5S2. The molecule has 2 saturated carbocycles. The summed E-state index contributed by atoms with van der Waals surface area (Å²) in [4.78, 5) is 40.9. The average Bonchev–Trinajstić information content (AvgIpc) is 3.29. The summed E-state index contributed by atoms with van der Waals surface area (Å²) in [5.74, 6) is -2.16. The number of para-hydroxylation sites is 1. The second-order valence-electron chi connectivity index (χ2n) is 7.76. The predicted molar refractivity (Wildman–Crippen MR) is 98.2 cm³/mol. The van der Waals surface area contributed by atoms with Crippen LogP contribution in [-0.4, -0.2) is 27.3 Å². The number of nitrogens with one attached hydrogen (secondary N) is 1. The SMILES string of the molecule is O=C1Oc2ccccc2[C@H]2c3sc(=O)[nH]c3S[C@@H]3[C@@H]4C[C@H]([C@@H]1[C@H]4C(=O)O)[C@H]23. The summed E-state index contributed by atoms with van der Waals surface area (Å²) in [5, 5.41) is 10.8. The van der Waals surface area contributed by atoms with Crippen LogP contribution in [0.4, 0.5) is 0 Å². The number of hydrogen-bond acceptors (Lipinski definition) is 6. The molecule has 3 heterocycles. The molecule has 27 heavy (non-hydrogen) atoms. The number of H-pyrrole nitrogens is 1. The van der Waals surface area contributed by atoms with Crippen LogP contribution in [0.3, 0.4) is 0 Å². The molecule has 0 unspecified atom stereocenters. The lowest BCUT2D eigenvalue weighted by Crippen LogP contribution is -2.49. The smallest absolute Gasteiger partial charge is 0.315 e. The number of carbonyl (C=O) groups excluding carboxylic acids is 1. The monoisotopic (exact) mass is 401 g/mol. The molecular weight excluding hydrogens is 386 g/mol. The second kappa shape index (κ2) is 5.26. The van der Waals surface area contributed by atoms with Gasteiger partial charge < -0.3 is 14.8 Å². The maximum absolute atomic E-state index is 12.9. The molecule has 6 nitrogen and oxygen atoms in total. The van der Waals surface area contributed by atoms with Gasteiger partial charge in [-0.15, -0.1) is 11.8 Å². The minimum atomic E-state index is -0.918. The number of carbonyl (C=O) groups is 2. The molecule has 2 aliphatic heterocycles. The van der Waals surface area contributed by atoms with E-state index in [1.54, 1.807) is 17.8 Å². The van der Waals surface area contributed by atoms with Crippen molar-refractivity contribution in [1.29, 1.82) is 0 Å². The van der Waals surface area contributed by atoms with Gasteiger partial charge in [-0.1, -0.05) is 29.5 Å². The molecule has 8 heteroatoms. The lowest BCUT2D eigenvalue weighted by atomic mass is 9.66. The van der Waals surface area contributed by atoms with Crippen LogP contribution in [-0.2, 0) is 9.59 Å². The van der Waals surface area contributed by atoms with Crippen molar-refractivity contribution in [3.63, 3.8) is 0 Å². The summed E-state index contributed by atoms with van der Waals surface area (Å²) in [6.45, 7) is 0. The number of rotatable bonds is 1. The van der Waals surface area contributed by atoms with E-state index in [2.05, 4.69) is 4.98 Å². The zero-order chi connectivity index (χ0) is 18.4. The first-order valence-electron chi connectivity index (χ1n) is 8.97. The Bertz CT molecular complexity index is 1060. The minimum absolute atomic E-state index is 0.0233. The molecule has 2 aliphatic carbocycles. The summed E-state index contributed by atoms with van der Waals surface area (Å²) in [6.07, 6.45) is 0.733. The molecule has 7 atom stereocenters. The molecule has 0 spiro atoms. The number of benzene rings is 1. The fourth-order valence-electron chi connectivity index (χ4n) is 5.95. The lowest BCUT2D eigenvalue weighted by Gasteiger charge is -2.45. The van der Waals surface area contributed by atoms with Gasteiger partial charge in [0.2, 0.25) is 0 Å². The summed E-state index contributed by atoms with van der Waals surface area (Å²) in [7, 11) is 0. The number of carboxylic acid groups (broad SMARTS) is 1. The van der Waals surface area contributed by atoms with Crippen molar-refractivity contribution >= 4 is 35.0 Å². The van der Waals surface area contributed by atoms with Crippen LogP contribution in [0.1, 0.15) is 22.8 Å². The van der Waals surface area contributed by atoms with Gasteiger partial charge in [-0.3, -0.25) is 14.4 Å². The van der Waals surface area contributed by atoms with E-state index in [9.17, 15) is 19.5 Å². The van der Waals surface area contributed by atoms with Crippen LogP contribution in [0.25, 0.3) is 0 Å². The topological polar surface area (TPSA) is 96.5 Å². The van der Waals surface area contributed by atoms with Gasteiger partial charge in [-0.2, -0.15) is 0 Å². The van der Waals surface area contributed by atoms with Crippen molar-refractivity contribution < 1.29 is 19.4 Å². The van der Waals surface area contributed by atoms with Crippen LogP contribution in [0.15, 0.2) is 34.1 Å². The molecule has 6 rings (SSSR count). The van der Waals surface area contributed by atoms with E-state index in [4.69, 9.17) is 4.74 Å². The largest absolute Gasteiger partial charge is 0.481 e. The maximum Gasteiger partial charge on any atom is 0.315 e. The number of thiazole rings is 1. The molecule has 4 aliphatic rings. The first-order valence-corrected chi connectivity index (χ1v) is 10.7. The third-order valence-electron chi connectivity index (χ3n) is 6.73. The molecule has 2 aromatic rings. The number of hydrogen-bond donors (Lipinski definition) is 2. The van der Waals surface area contributed by atoms with Gasteiger partial charge in [0.15, 0.2) is 0 Å². The zero-order valence-corrected chi connectivity index (χ0v) is 15.6. The number of aromatic amines is 1. The van der Waals surface area contributed by atoms with Crippen molar-refractivity contribution in [2.75, 3.05) is 0 Å². The van der Waals surface area contributed by atoms with Crippen LogP contribution in [0.5, 0.6) is 5.75 Å². The Kier molecular flexibility index (Phi) is 3.11. The standard InChI is InChI=1S/C19H15NO5S2/c21-17(22)12-8-5-7-11-10(15-16(26-14(8)11)20-19(24)27-15)6-3-1-2-4-9(6)25-18(23)13(7)12/h1-4,7-8,10-14H,5H2,(H,20,24)(H,21,22)/t7-,8+,10+,11+,12-,13+,14+/m0/s1. The van der Waals surface area contributed by atoms with Gasteiger partial charge in [0.1, 0.15) is 5.75 Å². The summed E-state index contributed by atoms with van der Waals surface area (Å²) >= 11 is 2.83. The van der Waals surface area contributed by atoms with Crippen LogP contribution in [0, 0.1) is 29.6 Å². The van der Waals surface area contributed by atoms with E-state index < -0.39 is 23.8 Å². The Labute approximate surface area is 161 Å². The molecule has 2 bridgehead atoms. The Morgan fingerprint density at radius 3 is 2.85 bits per heavy atom. The van der Waals surface area contributed by atoms with Gasteiger partial charge in [0.25, 0.3) is 0 Å². The molecule has 0 amide bonds. The van der Waals surface area contributed by atoms with Crippen LogP contribution in [0.2, 0.25) is 0 Å². The third kappa shape index (κ3) is 1.95. The van der Waals surface area contributed by atoms with Crippen LogP contribution >= 0.6 is 23.1 Å². The highest BCUT2D eigenvalue weighted by Gasteiger charge is 2.67. The number of carboxylic acids is 1. The highest BCUT2D eigenvalue weighted by molar-refractivity contribution is 8.00. The first-order chi connectivity index (χ1) is 13.0. The van der Waals surface area contributed by atoms with Gasteiger partial charge >= 0.3 is 16.8 Å². The number of fused-ring (bicyclic) bond motifs is 6. The van der Waals surface area contributed by atoms with E-state index >= 15 is 0 Å². The van der Waals surface area contributed by atoms with E-state index in [0.717, 1.165) is 21.9 Å². The van der Waals surface area contributed by atoms with Crippen LogP contribution < -0.4 is 9.61 Å². The van der Waals surface area contributed by atoms with Crippen molar-refractivity contribution in [2.45, 2.75) is 22.6 Å². The molecule has 1 aromatic carbocycles. The Morgan fingerprint density at radius 2 is 2.04 bits per heavy atom. The van der Waals surface area contributed by atoms with Crippen molar-refractivity contribution in [3.8, 4) is 5.75 Å². The third-order valence-corrected chi connectivity index (χ3v) is 9.32. The fraction of sp³-hybridized carbons (Fsp3) is 0.421. The molecule has 0 radical (unpaired) electrons. The van der Waals surface area contributed by atoms with Gasteiger partial charge in [0.05, 0.1) is 16.9 Å². The van der Waals surface area contributed by atoms with Crippen molar-refractivity contribution in [1.82, 2.24) is 4.98 Å². The summed E-state index contributed by atoms with van der Waals surface area (Å²) < 4.78 is 5.72. The van der Waals surface area contributed by atoms with Gasteiger partial charge in [-0.05, 0) is 30.2 Å². The highest BCUT2D eigenvalue weighted by atomic mass is 32.2. The van der Waals surface area contributed by atoms with E-state index in [-0.39, 0.29) is 33.8 Å². The molecule has 2 N–H and O–H groups in total. The Balaban J connectivity index is 1.64. The fourth-order valence-corrected chi connectivity index (χ4v) is 8.83. The van der Waals surface area contributed by atoms with Crippen molar-refractivity contribution in [2.24, 2.45) is 29.6 Å². The number of aromatic nitrogens is 1. The average molecular weight is 401 g/mol. The maximum atomic E-state index is 12.9. The van der Waals surface area contributed by atoms with E-state index in [0.29, 0.717) is 5.75 Å².